The molecular weight excluding hydrogens is 344 g/mol. The van der Waals surface area contributed by atoms with Crippen LogP contribution in [0.3, 0.4) is 0 Å². The molecule has 3 rings (SSSR count). The van der Waals surface area contributed by atoms with Crippen molar-refractivity contribution >= 4 is 17.5 Å². The van der Waals surface area contributed by atoms with Crippen molar-refractivity contribution in [3.8, 4) is 11.4 Å². The van der Waals surface area contributed by atoms with Crippen LogP contribution in [0.4, 0.5) is 5.69 Å². The summed E-state index contributed by atoms with van der Waals surface area (Å²) in [4.78, 5) is 24.0. The fourth-order valence-electron chi connectivity index (χ4n) is 2.86. The third-order valence-corrected chi connectivity index (χ3v) is 4.19. The van der Waals surface area contributed by atoms with E-state index in [9.17, 15) is 9.59 Å². The summed E-state index contributed by atoms with van der Waals surface area (Å²) in [6.07, 6.45) is 2.09. The molecular formula is C20H20N4O3. The third kappa shape index (κ3) is 3.67. The first kappa shape index (κ1) is 18.2. The van der Waals surface area contributed by atoms with E-state index in [1.54, 1.807) is 41.1 Å². The Morgan fingerprint density at radius 2 is 1.81 bits per heavy atom. The van der Waals surface area contributed by atoms with E-state index in [2.05, 4.69) is 10.4 Å². The van der Waals surface area contributed by atoms with Crippen molar-refractivity contribution in [1.82, 2.24) is 9.78 Å². The van der Waals surface area contributed by atoms with Crippen LogP contribution >= 0.6 is 0 Å². The lowest BCUT2D eigenvalue weighted by Crippen LogP contribution is -2.14. The minimum absolute atomic E-state index is 0.260. The number of methoxy groups -OCH3 is 1. The van der Waals surface area contributed by atoms with Gasteiger partial charge in [-0.05, 0) is 42.8 Å². The molecule has 7 nitrogen and oxygen atoms in total. The molecule has 0 bridgehead atoms. The highest BCUT2D eigenvalue weighted by molar-refractivity contribution is 6.06. The second kappa shape index (κ2) is 7.74. The highest BCUT2D eigenvalue weighted by atomic mass is 16.5. The Morgan fingerprint density at radius 3 is 2.44 bits per heavy atom. The first-order chi connectivity index (χ1) is 13.0. The van der Waals surface area contributed by atoms with Crippen molar-refractivity contribution in [2.24, 2.45) is 5.73 Å². The zero-order chi connectivity index (χ0) is 19.4. The normalized spacial score (nSPS) is 10.4. The molecule has 2 aromatic carbocycles. The number of anilines is 1. The molecule has 0 saturated carbocycles. The van der Waals surface area contributed by atoms with Gasteiger partial charge in [0.1, 0.15) is 5.75 Å². The van der Waals surface area contributed by atoms with Crippen LogP contribution in [0, 0.1) is 0 Å². The summed E-state index contributed by atoms with van der Waals surface area (Å²) in [5.74, 6) is -0.252. The van der Waals surface area contributed by atoms with E-state index < -0.39 is 5.91 Å². The average molecular weight is 364 g/mol. The number of carbonyl (C=O) groups is 2. The molecule has 2 amide bonds. The zero-order valence-electron chi connectivity index (χ0n) is 15.1. The SMILES string of the molecule is CCc1c(C(N)=O)cnn1-c1ccc(NC(=O)c2ccccc2OC)cc1. The molecule has 0 aliphatic carbocycles. The van der Waals surface area contributed by atoms with Crippen LogP contribution in [0.25, 0.3) is 5.69 Å². The summed E-state index contributed by atoms with van der Waals surface area (Å²) < 4.78 is 6.89. The number of nitrogens with two attached hydrogens (primary N) is 1. The van der Waals surface area contributed by atoms with Gasteiger partial charge in [-0.2, -0.15) is 5.10 Å². The standard InChI is InChI=1S/C20H20N4O3/c1-3-17-16(19(21)25)12-22-24(17)14-10-8-13(9-11-14)23-20(26)15-6-4-5-7-18(15)27-2/h4-12H,3H2,1-2H3,(H2,21,25)(H,23,26). The molecule has 1 aromatic heterocycles. The van der Waals surface area contributed by atoms with E-state index >= 15 is 0 Å². The number of primary amides is 1. The van der Waals surface area contributed by atoms with Gasteiger partial charge >= 0.3 is 0 Å². The van der Waals surface area contributed by atoms with Gasteiger partial charge in [-0.1, -0.05) is 19.1 Å². The number of aromatic nitrogens is 2. The smallest absolute Gasteiger partial charge is 0.259 e. The lowest BCUT2D eigenvalue weighted by Gasteiger charge is -2.11. The Morgan fingerprint density at radius 1 is 1.11 bits per heavy atom. The molecule has 3 N–H and O–H groups in total. The van der Waals surface area contributed by atoms with Gasteiger partial charge in [-0.3, -0.25) is 9.59 Å². The predicted octanol–water partition coefficient (Wildman–Crippen LogP) is 2.79. The number of rotatable bonds is 6. The molecule has 1 heterocycles. The van der Waals surface area contributed by atoms with Gasteiger partial charge in [0, 0.05) is 5.69 Å². The maximum absolute atomic E-state index is 12.5. The quantitative estimate of drug-likeness (QED) is 0.702. The summed E-state index contributed by atoms with van der Waals surface area (Å²) in [5, 5.41) is 7.09. The van der Waals surface area contributed by atoms with Crippen LogP contribution in [0.15, 0.2) is 54.7 Å². The molecule has 0 aliphatic heterocycles. The van der Waals surface area contributed by atoms with Crippen LogP contribution in [0.1, 0.15) is 33.3 Å². The fourth-order valence-corrected chi connectivity index (χ4v) is 2.86. The predicted molar refractivity (Wildman–Crippen MR) is 102 cm³/mol. The zero-order valence-corrected chi connectivity index (χ0v) is 15.1. The third-order valence-electron chi connectivity index (χ3n) is 4.19. The van der Waals surface area contributed by atoms with Crippen molar-refractivity contribution in [3.63, 3.8) is 0 Å². The largest absolute Gasteiger partial charge is 0.496 e. The Balaban J connectivity index is 1.82. The molecule has 0 aliphatic rings. The van der Waals surface area contributed by atoms with E-state index in [1.807, 2.05) is 19.1 Å². The maximum Gasteiger partial charge on any atom is 0.259 e. The number of nitrogens with zero attached hydrogens (tertiary/aromatic N) is 2. The summed E-state index contributed by atoms with van der Waals surface area (Å²) in [5.41, 5.74) is 8.40. The lowest BCUT2D eigenvalue weighted by atomic mass is 10.1. The number of nitrogens with one attached hydrogen (secondary N) is 1. The molecule has 0 saturated heterocycles. The molecule has 0 spiro atoms. The van der Waals surface area contributed by atoms with Crippen molar-refractivity contribution in [2.45, 2.75) is 13.3 Å². The van der Waals surface area contributed by atoms with Crippen LogP contribution < -0.4 is 15.8 Å². The van der Waals surface area contributed by atoms with Gasteiger partial charge < -0.3 is 15.8 Å². The lowest BCUT2D eigenvalue weighted by molar-refractivity contribution is 0.0996. The van der Waals surface area contributed by atoms with Crippen molar-refractivity contribution in [1.29, 1.82) is 0 Å². The number of amides is 2. The second-order valence-corrected chi connectivity index (χ2v) is 5.84. The molecule has 0 unspecified atom stereocenters. The van der Waals surface area contributed by atoms with Gasteiger partial charge in [0.2, 0.25) is 0 Å². The maximum atomic E-state index is 12.5. The Labute approximate surface area is 156 Å². The minimum atomic E-state index is -0.501. The van der Waals surface area contributed by atoms with Crippen LogP contribution in [0.5, 0.6) is 5.75 Å². The van der Waals surface area contributed by atoms with E-state index in [4.69, 9.17) is 10.5 Å². The van der Waals surface area contributed by atoms with Crippen LogP contribution in [-0.2, 0) is 6.42 Å². The van der Waals surface area contributed by atoms with Gasteiger partial charge in [-0.15, -0.1) is 0 Å². The van der Waals surface area contributed by atoms with Gasteiger partial charge in [0.25, 0.3) is 11.8 Å². The number of benzene rings is 2. The Hall–Kier alpha value is -3.61. The summed E-state index contributed by atoms with van der Waals surface area (Å²) in [7, 11) is 1.52. The first-order valence-electron chi connectivity index (χ1n) is 8.46. The van der Waals surface area contributed by atoms with Crippen molar-refractivity contribution < 1.29 is 14.3 Å². The summed E-state index contributed by atoms with van der Waals surface area (Å²) in [6, 6.07) is 14.2. The summed E-state index contributed by atoms with van der Waals surface area (Å²) in [6.45, 7) is 1.93. The van der Waals surface area contributed by atoms with Gasteiger partial charge in [-0.25, -0.2) is 4.68 Å². The number of hydrogen-bond donors (Lipinski definition) is 2. The van der Waals surface area contributed by atoms with Crippen molar-refractivity contribution in [3.05, 3.63) is 71.5 Å². The number of carbonyl (C=O) groups excluding carboxylic acids is 2. The summed E-state index contributed by atoms with van der Waals surface area (Å²) >= 11 is 0. The average Bonchev–Trinajstić information content (AvgIpc) is 3.13. The number of ether oxygens (including phenoxy) is 1. The topological polar surface area (TPSA) is 99.2 Å². The second-order valence-electron chi connectivity index (χ2n) is 5.84. The highest BCUT2D eigenvalue weighted by Gasteiger charge is 2.15. The van der Waals surface area contributed by atoms with E-state index in [-0.39, 0.29) is 5.91 Å². The number of hydrogen-bond acceptors (Lipinski definition) is 4. The molecule has 0 atom stereocenters. The highest BCUT2D eigenvalue weighted by Crippen LogP contribution is 2.21. The molecule has 27 heavy (non-hydrogen) atoms. The molecule has 3 aromatic rings. The first-order valence-corrected chi connectivity index (χ1v) is 8.46. The van der Waals surface area contributed by atoms with Gasteiger partial charge in [0.15, 0.2) is 0 Å². The molecule has 0 fully saturated rings. The van der Waals surface area contributed by atoms with E-state index in [0.29, 0.717) is 29.0 Å². The Kier molecular flexibility index (Phi) is 5.21. The fraction of sp³-hybridized carbons (Fsp3) is 0.150. The Bertz CT molecular complexity index is 977. The van der Waals surface area contributed by atoms with E-state index in [0.717, 1.165) is 11.4 Å². The van der Waals surface area contributed by atoms with Crippen LogP contribution in [-0.4, -0.2) is 28.7 Å². The van der Waals surface area contributed by atoms with Crippen LogP contribution in [0.2, 0.25) is 0 Å². The molecule has 7 heteroatoms. The minimum Gasteiger partial charge on any atom is -0.496 e. The van der Waals surface area contributed by atoms with E-state index in [1.165, 1.54) is 13.3 Å². The van der Waals surface area contributed by atoms with Crippen molar-refractivity contribution in [2.75, 3.05) is 12.4 Å². The monoisotopic (exact) mass is 364 g/mol. The number of para-hydroxylation sites is 1. The van der Waals surface area contributed by atoms with Gasteiger partial charge in [0.05, 0.1) is 35.8 Å². The molecule has 0 radical (unpaired) electrons. The molecule has 138 valence electrons.